The number of carbonyl (C=O) groups excluding carboxylic acids is 1. The quantitative estimate of drug-likeness (QED) is 0.579. The van der Waals surface area contributed by atoms with E-state index >= 15 is 0 Å². The lowest BCUT2D eigenvalue weighted by molar-refractivity contribution is -0.117. The molecule has 4 nitrogen and oxygen atoms in total. The maximum Gasteiger partial charge on any atom is 0.263 e. The summed E-state index contributed by atoms with van der Waals surface area (Å²) in [5.74, 6) is -0.502. The van der Waals surface area contributed by atoms with E-state index in [0.29, 0.717) is 20.8 Å². The molecule has 0 aromatic heterocycles. The van der Waals surface area contributed by atoms with Gasteiger partial charge in [0.05, 0.1) is 15.7 Å². The predicted octanol–water partition coefficient (Wildman–Crippen LogP) is 4.78. The summed E-state index contributed by atoms with van der Waals surface area (Å²) < 4.78 is 0. The number of carbonyl (C=O) groups is 1. The molecular formula is C17H12Cl3N3O. The molecule has 2 N–H and O–H groups in total. The van der Waals surface area contributed by atoms with Crippen LogP contribution in [0.2, 0.25) is 15.1 Å². The van der Waals surface area contributed by atoms with Gasteiger partial charge in [0, 0.05) is 17.8 Å². The zero-order chi connectivity index (χ0) is 17.5. The van der Waals surface area contributed by atoms with Crippen LogP contribution in [0.5, 0.6) is 0 Å². The number of nitriles is 1. The maximum atomic E-state index is 12.1. The molecule has 0 heterocycles. The van der Waals surface area contributed by atoms with Gasteiger partial charge in [-0.25, -0.2) is 0 Å². The lowest BCUT2D eigenvalue weighted by Crippen LogP contribution is -2.24. The molecule has 0 aliphatic carbocycles. The number of nitrogens with zero attached hydrogens (tertiary/aromatic N) is 1. The summed E-state index contributed by atoms with van der Waals surface area (Å²) in [6.07, 6.45) is 1.29. The van der Waals surface area contributed by atoms with Crippen LogP contribution >= 0.6 is 34.8 Å². The molecule has 1 amide bonds. The topological polar surface area (TPSA) is 64.9 Å². The Kier molecular flexibility index (Phi) is 6.51. The van der Waals surface area contributed by atoms with Crippen molar-refractivity contribution >= 4 is 46.4 Å². The summed E-state index contributed by atoms with van der Waals surface area (Å²) >= 11 is 17.7. The molecule has 2 aromatic carbocycles. The normalized spacial score (nSPS) is 10.8. The van der Waals surface area contributed by atoms with E-state index in [-0.39, 0.29) is 12.1 Å². The van der Waals surface area contributed by atoms with Crippen molar-refractivity contribution in [3.63, 3.8) is 0 Å². The molecule has 0 bridgehead atoms. The van der Waals surface area contributed by atoms with E-state index in [2.05, 4.69) is 10.6 Å². The van der Waals surface area contributed by atoms with E-state index in [1.807, 2.05) is 6.07 Å². The van der Waals surface area contributed by atoms with Gasteiger partial charge in [-0.05, 0) is 29.8 Å². The Morgan fingerprint density at radius 3 is 2.50 bits per heavy atom. The standard InChI is InChI=1S/C17H12Cl3N3O/c18-13-6-4-11(5-7-13)9-23-17(24)12(8-21)10-22-15-3-1-2-14(19)16(15)20/h1-7,10,22H,9H2,(H,23,24)/b12-10-. The van der Waals surface area contributed by atoms with Gasteiger partial charge in [-0.3, -0.25) is 4.79 Å². The monoisotopic (exact) mass is 379 g/mol. The van der Waals surface area contributed by atoms with Crippen LogP contribution in [0.25, 0.3) is 0 Å². The third kappa shape index (κ3) is 4.90. The summed E-state index contributed by atoms with van der Waals surface area (Å²) in [5.41, 5.74) is 1.29. The second-order valence-corrected chi connectivity index (χ2v) is 5.95. The lowest BCUT2D eigenvalue weighted by atomic mass is 10.2. The van der Waals surface area contributed by atoms with Crippen LogP contribution in [-0.4, -0.2) is 5.91 Å². The van der Waals surface area contributed by atoms with Gasteiger partial charge < -0.3 is 10.6 Å². The van der Waals surface area contributed by atoms with E-state index < -0.39 is 5.91 Å². The average molecular weight is 381 g/mol. The van der Waals surface area contributed by atoms with Crippen LogP contribution in [0.3, 0.4) is 0 Å². The molecule has 24 heavy (non-hydrogen) atoms. The third-order valence-electron chi connectivity index (χ3n) is 3.06. The van der Waals surface area contributed by atoms with E-state index in [0.717, 1.165) is 5.56 Å². The molecule has 0 radical (unpaired) electrons. The van der Waals surface area contributed by atoms with Gasteiger partial charge in [-0.1, -0.05) is 53.0 Å². The minimum Gasteiger partial charge on any atom is -0.359 e. The zero-order valence-electron chi connectivity index (χ0n) is 12.3. The highest BCUT2D eigenvalue weighted by Gasteiger charge is 2.09. The molecule has 0 saturated carbocycles. The van der Waals surface area contributed by atoms with Crippen LogP contribution in [0.1, 0.15) is 5.56 Å². The van der Waals surface area contributed by atoms with Crippen molar-refractivity contribution < 1.29 is 4.79 Å². The number of nitrogens with one attached hydrogen (secondary N) is 2. The zero-order valence-corrected chi connectivity index (χ0v) is 14.6. The van der Waals surface area contributed by atoms with Crippen molar-refractivity contribution in [3.8, 4) is 6.07 Å². The van der Waals surface area contributed by atoms with Crippen LogP contribution in [-0.2, 0) is 11.3 Å². The van der Waals surface area contributed by atoms with E-state index in [4.69, 9.17) is 40.1 Å². The van der Waals surface area contributed by atoms with E-state index in [1.54, 1.807) is 42.5 Å². The molecule has 0 fully saturated rings. The Balaban J connectivity index is 2.01. The van der Waals surface area contributed by atoms with Gasteiger partial charge in [-0.2, -0.15) is 5.26 Å². The van der Waals surface area contributed by atoms with Gasteiger partial charge in [-0.15, -0.1) is 0 Å². The Morgan fingerprint density at radius 2 is 1.83 bits per heavy atom. The number of halogens is 3. The molecule has 0 atom stereocenters. The summed E-state index contributed by atoms with van der Waals surface area (Å²) in [4.78, 5) is 12.1. The number of hydrogen-bond donors (Lipinski definition) is 2. The number of benzene rings is 2. The molecule has 122 valence electrons. The molecule has 0 spiro atoms. The van der Waals surface area contributed by atoms with Gasteiger partial charge in [0.25, 0.3) is 5.91 Å². The van der Waals surface area contributed by atoms with Crippen LogP contribution in [0.4, 0.5) is 5.69 Å². The SMILES string of the molecule is N#C/C(=C/Nc1cccc(Cl)c1Cl)C(=O)NCc1ccc(Cl)cc1. The second-order valence-electron chi connectivity index (χ2n) is 4.72. The molecule has 0 saturated heterocycles. The van der Waals surface area contributed by atoms with Gasteiger partial charge in [0.2, 0.25) is 0 Å². The first kappa shape index (κ1) is 18.2. The largest absolute Gasteiger partial charge is 0.359 e. The first-order chi connectivity index (χ1) is 11.5. The summed E-state index contributed by atoms with van der Waals surface area (Å²) in [6, 6.07) is 13.9. The first-order valence-electron chi connectivity index (χ1n) is 6.84. The van der Waals surface area contributed by atoms with E-state index in [1.165, 1.54) is 6.20 Å². The van der Waals surface area contributed by atoms with Crippen molar-refractivity contribution in [3.05, 3.63) is 74.9 Å². The minimum atomic E-state index is -0.502. The molecule has 2 aromatic rings. The highest BCUT2D eigenvalue weighted by Crippen LogP contribution is 2.29. The Bertz CT molecular complexity index is 811. The lowest BCUT2D eigenvalue weighted by Gasteiger charge is -2.07. The molecule has 7 heteroatoms. The van der Waals surface area contributed by atoms with Crippen molar-refractivity contribution in [2.45, 2.75) is 6.54 Å². The Hall–Kier alpha value is -2.19. The fourth-order valence-corrected chi connectivity index (χ4v) is 2.27. The average Bonchev–Trinajstić information content (AvgIpc) is 2.58. The van der Waals surface area contributed by atoms with Crippen LogP contribution < -0.4 is 10.6 Å². The second kappa shape index (κ2) is 8.60. The smallest absolute Gasteiger partial charge is 0.263 e. The molecule has 0 aliphatic heterocycles. The van der Waals surface area contributed by atoms with Crippen LogP contribution in [0.15, 0.2) is 54.2 Å². The Labute approximate surface area is 154 Å². The number of amides is 1. The van der Waals surface area contributed by atoms with Crippen LogP contribution in [0, 0.1) is 11.3 Å². The summed E-state index contributed by atoms with van der Waals surface area (Å²) in [5, 5.41) is 15.9. The highest BCUT2D eigenvalue weighted by molar-refractivity contribution is 6.43. The molecule has 2 rings (SSSR count). The molecular weight excluding hydrogens is 369 g/mol. The van der Waals surface area contributed by atoms with Crippen molar-refractivity contribution in [1.82, 2.24) is 5.32 Å². The number of anilines is 1. The first-order valence-corrected chi connectivity index (χ1v) is 7.98. The van der Waals surface area contributed by atoms with Crippen molar-refractivity contribution in [2.75, 3.05) is 5.32 Å². The van der Waals surface area contributed by atoms with E-state index in [9.17, 15) is 4.79 Å². The fourth-order valence-electron chi connectivity index (χ4n) is 1.79. The van der Waals surface area contributed by atoms with Gasteiger partial charge >= 0.3 is 0 Å². The Morgan fingerprint density at radius 1 is 1.12 bits per heavy atom. The summed E-state index contributed by atoms with van der Waals surface area (Å²) in [7, 11) is 0. The van der Waals surface area contributed by atoms with Gasteiger partial charge in [0.15, 0.2) is 0 Å². The third-order valence-corrected chi connectivity index (χ3v) is 4.13. The number of hydrogen-bond acceptors (Lipinski definition) is 3. The molecule has 0 unspecified atom stereocenters. The van der Waals surface area contributed by atoms with Gasteiger partial charge in [0.1, 0.15) is 11.6 Å². The maximum absolute atomic E-state index is 12.1. The fraction of sp³-hybridized carbons (Fsp3) is 0.0588. The number of rotatable bonds is 5. The summed E-state index contributed by atoms with van der Waals surface area (Å²) in [6.45, 7) is 0.285. The minimum absolute atomic E-state index is 0.0833. The van der Waals surface area contributed by atoms with Crippen molar-refractivity contribution in [2.24, 2.45) is 0 Å². The predicted molar refractivity (Wildman–Crippen MR) is 97.1 cm³/mol. The highest BCUT2D eigenvalue weighted by atomic mass is 35.5. The molecule has 0 aliphatic rings. The van der Waals surface area contributed by atoms with Crippen molar-refractivity contribution in [1.29, 1.82) is 5.26 Å².